The van der Waals surface area contributed by atoms with Gasteiger partial charge in [0.15, 0.2) is 0 Å². The van der Waals surface area contributed by atoms with Gasteiger partial charge >= 0.3 is 6.09 Å². The molecule has 0 aromatic heterocycles. The second-order valence-electron chi connectivity index (χ2n) is 9.53. The number of hydrogen-bond acceptors (Lipinski definition) is 5. The summed E-state index contributed by atoms with van der Waals surface area (Å²) in [6.45, 7) is 10.3. The van der Waals surface area contributed by atoms with Crippen LogP contribution in [-0.4, -0.2) is 61.9 Å². The molecule has 0 bridgehead atoms. The van der Waals surface area contributed by atoms with Crippen molar-refractivity contribution in [3.63, 3.8) is 0 Å². The van der Waals surface area contributed by atoms with E-state index in [2.05, 4.69) is 20.8 Å². The van der Waals surface area contributed by atoms with E-state index in [0.717, 1.165) is 79.9 Å². The zero-order valence-electron chi connectivity index (χ0n) is 18.9. The first-order valence-corrected chi connectivity index (χ1v) is 11.5. The number of likely N-dealkylation sites (tertiary alicyclic amines) is 2. The first-order valence-electron chi connectivity index (χ1n) is 10.8. The molecule has 3 rings (SSSR count). The van der Waals surface area contributed by atoms with Crippen molar-refractivity contribution in [2.45, 2.75) is 58.6 Å². The zero-order chi connectivity index (χ0) is 21.9. The van der Waals surface area contributed by atoms with Gasteiger partial charge in [-0.2, -0.15) is 0 Å². The minimum absolute atomic E-state index is 0.177. The van der Waals surface area contributed by atoms with E-state index < -0.39 is 5.60 Å². The van der Waals surface area contributed by atoms with Gasteiger partial charge in [-0.1, -0.05) is 15.9 Å². The molecule has 2 saturated heterocycles. The highest BCUT2D eigenvalue weighted by molar-refractivity contribution is 9.10. The van der Waals surface area contributed by atoms with E-state index in [9.17, 15) is 4.79 Å². The third-order valence-electron chi connectivity index (χ3n) is 6.35. The van der Waals surface area contributed by atoms with Crippen molar-refractivity contribution >= 4 is 22.0 Å². The number of halogens is 1. The highest BCUT2D eigenvalue weighted by atomic mass is 79.9. The van der Waals surface area contributed by atoms with Crippen LogP contribution in [0.2, 0.25) is 0 Å². The van der Waals surface area contributed by atoms with Crippen molar-refractivity contribution in [2.75, 3.05) is 40.4 Å². The maximum atomic E-state index is 12.4. The molecular weight excluding hydrogens is 448 g/mol. The van der Waals surface area contributed by atoms with Crippen molar-refractivity contribution in [1.82, 2.24) is 9.80 Å². The van der Waals surface area contributed by atoms with E-state index in [4.69, 9.17) is 14.2 Å². The van der Waals surface area contributed by atoms with E-state index in [0.29, 0.717) is 5.41 Å². The second kappa shape index (κ2) is 9.35. The van der Waals surface area contributed by atoms with E-state index in [1.165, 1.54) is 0 Å². The number of carbonyl (C=O) groups is 1. The van der Waals surface area contributed by atoms with Gasteiger partial charge in [-0.15, -0.1) is 0 Å². The Balaban J connectivity index is 1.56. The van der Waals surface area contributed by atoms with Crippen molar-refractivity contribution < 1.29 is 19.0 Å². The number of hydrogen-bond donors (Lipinski definition) is 0. The fraction of sp³-hybridized carbons (Fsp3) is 0.696. The highest BCUT2D eigenvalue weighted by Crippen LogP contribution is 2.42. The van der Waals surface area contributed by atoms with Crippen molar-refractivity contribution in [3.05, 3.63) is 22.2 Å². The summed E-state index contributed by atoms with van der Waals surface area (Å²) in [4.78, 5) is 16.7. The average molecular weight is 483 g/mol. The molecule has 2 fully saturated rings. The maximum Gasteiger partial charge on any atom is 0.410 e. The lowest BCUT2D eigenvalue weighted by atomic mass is 9.71. The van der Waals surface area contributed by atoms with Gasteiger partial charge in [-0.3, -0.25) is 4.90 Å². The van der Waals surface area contributed by atoms with Crippen LogP contribution < -0.4 is 9.47 Å². The van der Waals surface area contributed by atoms with Crippen molar-refractivity contribution in [3.8, 4) is 11.5 Å². The van der Waals surface area contributed by atoms with E-state index in [1.54, 1.807) is 14.2 Å². The third kappa shape index (κ3) is 5.61. The Morgan fingerprint density at radius 3 is 1.97 bits per heavy atom. The molecule has 7 heteroatoms. The molecule has 0 N–H and O–H groups in total. The molecule has 0 unspecified atom stereocenters. The van der Waals surface area contributed by atoms with E-state index in [-0.39, 0.29) is 6.09 Å². The number of piperidine rings is 2. The van der Waals surface area contributed by atoms with Crippen LogP contribution >= 0.6 is 15.9 Å². The normalized spacial score (nSPS) is 19.6. The van der Waals surface area contributed by atoms with Gasteiger partial charge in [0.25, 0.3) is 0 Å². The predicted molar refractivity (Wildman–Crippen MR) is 121 cm³/mol. The van der Waals surface area contributed by atoms with Crippen LogP contribution in [0.3, 0.4) is 0 Å². The Morgan fingerprint density at radius 1 is 1.00 bits per heavy atom. The summed E-state index contributed by atoms with van der Waals surface area (Å²) in [6.07, 6.45) is 4.27. The summed E-state index contributed by atoms with van der Waals surface area (Å²) in [6, 6.07) is 3.99. The molecule has 0 aliphatic carbocycles. The lowest BCUT2D eigenvalue weighted by Gasteiger charge is -2.47. The van der Waals surface area contributed by atoms with Gasteiger partial charge in [-0.25, -0.2) is 4.79 Å². The molecule has 0 saturated carbocycles. The fourth-order valence-corrected chi connectivity index (χ4v) is 4.92. The summed E-state index contributed by atoms with van der Waals surface area (Å²) < 4.78 is 17.7. The molecule has 1 amide bonds. The molecule has 2 aliphatic rings. The fourth-order valence-electron chi connectivity index (χ4n) is 4.51. The highest BCUT2D eigenvalue weighted by Gasteiger charge is 2.39. The Labute approximate surface area is 189 Å². The van der Waals surface area contributed by atoms with Gasteiger partial charge < -0.3 is 19.1 Å². The SMILES string of the molecule is COc1cc(Br)cc(OC)c1CN1CCC2(CC1)CCN(C(=O)OC(C)(C)C)CC2. The van der Waals surface area contributed by atoms with E-state index >= 15 is 0 Å². The van der Waals surface area contributed by atoms with Crippen LogP contribution in [0.1, 0.15) is 52.0 Å². The topological polar surface area (TPSA) is 51.2 Å². The van der Waals surface area contributed by atoms with Gasteiger partial charge in [0.05, 0.1) is 19.8 Å². The largest absolute Gasteiger partial charge is 0.496 e. The Morgan fingerprint density at radius 2 is 1.50 bits per heavy atom. The lowest BCUT2D eigenvalue weighted by molar-refractivity contribution is -0.00319. The molecule has 0 atom stereocenters. The Hall–Kier alpha value is -1.47. The number of benzene rings is 1. The van der Waals surface area contributed by atoms with Crippen molar-refractivity contribution in [1.29, 1.82) is 0 Å². The van der Waals surface area contributed by atoms with Gasteiger partial charge in [0, 0.05) is 24.1 Å². The molecule has 2 heterocycles. The minimum atomic E-state index is -0.438. The molecule has 1 aromatic carbocycles. The summed E-state index contributed by atoms with van der Waals surface area (Å²) in [5.41, 5.74) is 1.01. The summed E-state index contributed by atoms with van der Waals surface area (Å²) in [5.74, 6) is 1.71. The summed E-state index contributed by atoms with van der Waals surface area (Å²) in [5, 5.41) is 0. The lowest BCUT2D eigenvalue weighted by Crippen LogP contribution is -2.49. The molecule has 1 aromatic rings. The van der Waals surface area contributed by atoms with Crippen molar-refractivity contribution in [2.24, 2.45) is 5.41 Å². The van der Waals surface area contributed by atoms with Gasteiger partial charge in [0.2, 0.25) is 0 Å². The van der Waals surface area contributed by atoms with Crippen LogP contribution in [0.25, 0.3) is 0 Å². The standard InChI is InChI=1S/C23H35BrN2O4/c1-22(2,3)30-21(27)26-12-8-23(9-13-26)6-10-25(11-7-23)16-18-19(28-4)14-17(24)15-20(18)29-5/h14-15H,6-13,16H2,1-5H3. The number of amides is 1. The minimum Gasteiger partial charge on any atom is -0.496 e. The number of rotatable bonds is 4. The molecule has 0 radical (unpaired) electrons. The number of ether oxygens (including phenoxy) is 3. The van der Waals surface area contributed by atoms with Crippen LogP contribution in [0, 0.1) is 5.41 Å². The third-order valence-corrected chi connectivity index (χ3v) is 6.80. The quantitative estimate of drug-likeness (QED) is 0.598. The average Bonchev–Trinajstić information content (AvgIpc) is 2.69. The number of nitrogens with zero attached hydrogens (tertiary/aromatic N) is 2. The molecule has 2 aliphatic heterocycles. The smallest absolute Gasteiger partial charge is 0.410 e. The van der Waals surface area contributed by atoms with Crippen LogP contribution in [0.5, 0.6) is 11.5 Å². The summed E-state index contributed by atoms with van der Waals surface area (Å²) >= 11 is 3.52. The first-order chi connectivity index (χ1) is 14.1. The van der Waals surface area contributed by atoms with Crippen LogP contribution in [0.15, 0.2) is 16.6 Å². The summed E-state index contributed by atoms with van der Waals surface area (Å²) in [7, 11) is 3.41. The maximum absolute atomic E-state index is 12.4. The molecular formula is C23H35BrN2O4. The monoisotopic (exact) mass is 482 g/mol. The molecule has 168 valence electrons. The van der Waals surface area contributed by atoms with Gasteiger partial charge in [-0.05, 0) is 77.1 Å². The molecule has 30 heavy (non-hydrogen) atoms. The van der Waals surface area contributed by atoms with Crippen LogP contribution in [0.4, 0.5) is 4.79 Å². The second-order valence-corrected chi connectivity index (χ2v) is 10.4. The Kier molecular flexibility index (Phi) is 7.23. The number of methoxy groups -OCH3 is 2. The predicted octanol–water partition coefficient (Wildman–Crippen LogP) is 5.08. The zero-order valence-corrected chi connectivity index (χ0v) is 20.5. The van der Waals surface area contributed by atoms with Gasteiger partial charge in [0.1, 0.15) is 17.1 Å². The molecule has 1 spiro atoms. The first kappa shape index (κ1) is 23.2. The van der Waals surface area contributed by atoms with E-state index in [1.807, 2.05) is 37.8 Å². The Bertz CT molecular complexity index is 719. The van der Waals surface area contributed by atoms with Crippen LogP contribution in [-0.2, 0) is 11.3 Å². The number of carbonyl (C=O) groups excluding carboxylic acids is 1. The molecule has 6 nitrogen and oxygen atoms in total.